The Morgan fingerprint density at radius 1 is 1.11 bits per heavy atom. The number of hydrogen-bond acceptors (Lipinski definition) is 5. The van der Waals surface area contributed by atoms with Crippen molar-refractivity contribution in [1.29, 1.82) is 0 Å². The van der Waals surface area contributed by atoms with Gasteiger partial charge in [0.05, 0.1) is 5.56 Å². The molecule has 5 heteroatoms. The second-order valence-electron chi connectivity index (χ2n) is 4.57. The molecule has 3 nitrogen and oxygen atoms in total. The van der Waals surface area contributed by atoms with Crippen LogP contribution in [0, 0.1) is 0 Å². The molecule has 2 heterocycles. The minimum Gasteiger partial charge on any atom is -0.382 e. The van der Waals surface area contributed by atoms with Crippen molar-refractivity contribution in [3.05, 3.63) is 30.3 Å². The summed E-state index contributed by atoms with van der Waals surface area (Å²) in [6.07, 6.45) is 1.23. The molecule has 0 unspecified atom stereocenters. The Labute approximate surface area is 122 Å². The van der Waals surface area contributed by atoms with E-state index in [-0.39, 0.29) is 0 Å². The lowest BCUT2D eigenvalue weighted by Crippen LogP contribution is -2.25. The van der Waals surface area contributed by atoms with E-state index in [0.717, 1.165) is 18.7 Å². The predicted octanol–water partition coefficient (Wildman–Crippen LogP) is 3.34. The molecule has 0 aliphatic carbocycles. The Hall–Kier alpha value is -1.20. The lowest BCUT2D eigenvalue weighted by atomic mass is 10.1. The molecule has 19 heavy (non-hydrogen) atoms. The van der Waals surface area contributed by atoms with E-state index < -0.39 is 0 Å². The number of benzene rings is 1. The van der Waals surface area contributed by atoms with Crippen LogP contribution in [0.25, 0.3) is 11.1 Å². The van der Waals surface area contributed by atoms with Gasteiger partial charge in [0, 0.05) is 18.8 Å². The average molecular weight is 291 g/mol. The van der Waals surface area contributed by atoms with Gasteiger partial charge in [-0.3, -0.25) is 0 Å². The van der Waals surface area contributed by atoms with Gasteiger partial charge in [-0.25, -0.2) is 0 Å². The fourth-order valence-electron chi connectivity index (χ4n) is 2.33. The molecule has 3 rings (SSSR count). The molecule has 0 radical (unpaired) electrons. The highest BCUT2D eigenvalue weighted by Crippen LogP contribution is 2.39. The largest absolute Gasteiger partial charge is 0.382 e. The molecule has 100 valence electrons. The van der Waals surface area contributed by atoms with Crippen LogP contribution in [0.4, 0.5) is 10.8 Å². The highest BCUT2D eigenvalue weighted by Gasteiger charge is 2.20. The quantitative estimate of drug-likeness (QED) is 0.921. The van der Waals surface area contributed by atoms with Crippen LogP contribution in [0.2, 0.25) is 0 Å². The van der Waals surface area contributed by atoms with E-state index in [0.29, 0.717) is 5.82 Å². The van der Waals surface area contributed by atoms with Crippen LogP contribution in [0.1, 0.15) is 6.42 Å². The summed E-state index contributed by atoms with van der Waals surface area (Å²) in [5.74, 6) is 3.10. The third-order valence-electron chi connectivity index (χ3n) is 3.27. The van der Waals surface area contributed by atoms with Crippen molar-refractivity contribution >= 4 is 34.1 Å². The molecule has 0 atom stereocenters. The number of nitrogens with zero attached hydrogens (tertiary/aromatic N) is 2. The molecule has 2 aromatic rings. The van der Waals surface area contributed by atoms with Crippen LogP contribution < -0.4 is 10.6 Å². The van der Waals surface area contributed by atoms with Crippen molar-refractivity contribution in [3.8, 4) is 11.1 Å². The fourth-order valence-corrected chi connectivity index (χ4v) is 4.11. The maximum Gasteiger partial charge on any atom is 0.147 e. The fraction of sp³-hybridized carbons (Fsp3) is 0.357. The van der Waals surface area contributed by atoms with Gasteiger partial charge in [-0.1, -0.05) is 30.3 Å². The van der Waals surface area contributed by atoms with Crippen molar-refractivity contribution in [1.82, 2.24) is 4.37 Å². The van der Waals surface area contributed by atoms with Gasteiger partial charge in [0.2, 0.25) is 0 Å². The number of anilines is 2. The standard InChI is InChI=1S/C14H17N3S2/c15-13-12(11-5-2-1-3-6-11)14(19-16-13)17-7-4-9-18-10-8-17/h1-3,5-6H,4,7-10H2,(H2,15,16). The Morgan fingerprint density at radius 2 is 1.95 bits per heavy atom. The van der Waals surface area contributed by atoms with E-state index in [1.807, 2.05) is 17.8 Å². The zero-order valence-electron chi connectivity index (χ0n) is 10.7. The smallest absolute Gasteiger partial charge is 0.147 e. The molecule has 0 saturated carbocycles. The van der Waals surface area contributed by atoms with E-state index in [4.69, 9.17) is 5.73 Å². The molecular formula is C14H17N3S2. The van der Waals surface area contributed by atoms with Crippen LogP contribution >= 0.6 is 23.3 Å². The molecular weight excluding hydrogens is 274 g/mol. The van der Waals surface area contributed by atoms with Gasteiger partial charge in [-0.05, 0) is 29.3 Å². The molecule has 1 fully saturated rings. The Morgan fingerprint density at radius 3 is 2.79 bits per heavy atom. The summed E-state index contributed by atoms with van der Waals surface area (Å²) in [5, 5.41) is 1.23. The van der Waals surface area contributed by atoms with Crippen LogP contribution in [0.3, 0.4) is 0 Å². The number of hydrogen-bond donors (Lipinski definition) is 1. The van der Waals surface area contributed by atoms with E-state index in [2.05, 4.69) is 33.5 Å². The maximum atomic E-state index is 6.09. The number of thioether (sulfide) groups is 1. The summed E-state index contributed by atoms with van der Waals surface area (Å²) < 4.78 is 4.37. The first-order valence-corrected chi connectivity index (χ1v) is 8.42. The third-order valence-corrected chi connectivity index (χ3v) is 5.24. The summed E-state index contributed by atoms with van der Waals surface area (Å²) in [5.41, 5.74) is 8.36. The molecule has 0 amide bonds. The predicted molar refractivity (Wildman–Crippen MR) is 86.1 cm³/mol. The van der Waals surface area contributed by atoms with Gasteiger partial charge in [0.15, 0.2) is 0 Å². The van der Waals surface area contributed by atoms with Crippen molar-refractivity contribution in [3.63, 3.8) is 0 Å². The topological polar surface area (TPSA) is 42.1 Å². The average Bonchev–Trinajstić information content (AvgIpc) is 2.67. The Kier molecular flexibility index (Phi) is 3.94. The molecule has 1 saturated heterocycles. The molecule has 1 aromatic carbocycles. The molecule has 1 aliphatic heterocycles. The van der Waals surface area contributed by atoms with Gasteiger partial charge in [0.25, 0.3) is 0 Å². The SMILES string of the molecule is Nc1nsc(N2CCCSCC2)c1-c1ccccc1. The van der Waals surface area contributed by atoms with Crippen molar-refractivity contribution < 1.29 is 0 Å². The molecule has 0 spiro atoms. The molecule has 1 aromatic heterocycles. The number of aromatic nitrogens is 1. The van der Waals surface area contributed by atoms with Crippen molar-refractivity contribution in [2.75, 3.05) is 35.2 Å². The van der Waals surface area contributed by atoms with Gasteiger partial charge in [-0.2, -0.15) is 16.1 Å². The van der Waals surface area contributed by atoms with Gasteiger partial charge in [-0.15, -0.1) is 0 Å². The molecule has 0 bridgehead atoms. The highest BCUT2D eigenvalue weighted by atomic mass is 32.2. The zero-order valence-corrected chi connectivity index (χ0v) is 12.3. The second-order valence-corrected chi connectivity index (χ2v) is 6.54. The normalized spacial score (nSPS) is 16.3. The lowest BCUT2D eigenvalue weighted by Gasteiger charge is -2.21. The zero-order chi connectivity index (χ0) is 13.1. The van der Waals surface area contributed by atoms with E-state index in [1.54, 1.807) is 0 Å². The van der Waals surface area contributed by atoms with Crippen LogP contribution in [-0.2, 0) is 0 Å². The maximum absolute atomic E-state index is 6.09. The van der Waals surface area contributed by atoms with Gasteiger partial charge in [0.1, 0.15) is 10.8 Å². The van der Waals surface area contributed by atoms with Crippen LogP contribution in [0.15, 0.2) is 30.3 Å². The van der Waals surface area contributed by atoms with Crippen molar-refractivity contribution in [2.24, 2.45) is 0 Å². The Balaban J connectivity index is 1.98. The third kappa shape index (κ3) is 2.72. The Bertz CT molecular complexity index is 531. The minimum absolute atomic E-state index is 0.656. The summed E-state index contributed by atoms with van der Waals surface area (Å²) in [4.78, 5) is 2.44. The summed E-state index contributed by atoms with van der Waals surface area (Å²) >= 11 is 3.56. The van der Waals surface area contributed by atoms with E-state index in [9.17, 15) is 0 Å². The lowest BCUT2D eigenvalue weighted by molar-refractivity contribution is 0.824. The number of nitrogen functional groups attached to an aromatic ring is 1. The second kappa shape index (κ2) is 5.84. The first kappa shape index (κ1) is 12.8. The summed E-state index contributed by atoms with van der Waals surface area (Å²) in [6, 6.07) is 10.3. The van der Waals surface area contributed by atoms with Crippen molar-refractivity contribution in [2.45, 2.75) is 6.42 Å². The number of nitrogens with two attached hydrogens (primary N) is 1. The van der Waals surface area contributed by atoms with Crippen LogP contribution in [0.5, 0.6) is 0 Å². The van der Waals surface area contributed by atoms with E-state index in [1.165, 1.54) is 40.0 Å². The van der Waals surface area contributed by atoms with E-state index >= 15 is 0 Å². The number of rotatable bonds is 2. The monoisotopic (exact) mass is 291 g/mol. The summed E-state index contributed by atoms with van der Waals surface area (Å²) in [6.45, 7) is 2.20. The van der Waals surface area contributed by atoms with Gasteiger partial charge >= 0.3 is 0 Å². The van der Waals surface area contributed by atoms with Gasteiger partial charge < -0.3 is 10.6 Å². The highest BCUT2D eigenvalue weighted by molar-refractivity contribution is 7.99. The summed E-state index contributed by atoms with van der Waals surface area (Å²) in [7, 11) is 0. The van der Waals surface area contributed by atoms with Crippen LogP contribution in [-0.4, -0.2) is 29.0 Å². The first-order chi connectivity index (χ1) is 9.36. The first-order valence-electron chi connectivity index (χ1n) is 6.49. The molecule has 2 N–H and O–H groups in total. The molecule has 1 aliphatic rings. The minimum atomic E-state index is 0.656.